The average molecular weight is 242 g/mol. The Morgan fingerprint density at radius 3 is 1.83 bits per heavy atom. The molecular formula is C14H14N2O2. The Bertz CT molecular complexity index is 547. The minimum absolute atomic E-state index is 0.585. The first-order valence-electron chi connectivity index (χ1n) is 5.52. The molecule has 4 heteroatoms. The molecule has 1 atom stereocenters. The van der Waals surface area contributed by atoms with E-state index in [0.29, 0.717) is 11.3 Å². The van der Waals surface area contributed by atoms with E-state index in [1.807, 2.05) is 36.4 Å². The van der Waals surface area contributed by atoms with Crippen molar-refractivity contribution in [2.45, 2.75) is 6.04 Å². The van der Waals surface area contributed by atoms with Crippen LogP contribution in [0.15, 0.2) is 48.5 Å². The van der Waals surface area contributed by atoms with Crippen LogP contribution in [0.4, 0.5) is 5.69 Å². The molecule has 2 aromatic carbocycles. The van der Waals surface area contributed by atoms with Gasteiger partial charge in [0.25, 0.3) is 0 Å². The van der Waals surface area contributed by atoms with Gasteiger partial charge in [0, 0.05) is 5.69 Å². The van der Waals surface area contributed by atoms with Crippen LogP contribution in [0.5, 0.6) is 0 Å². The van der Waals surface area contributed by atoms with Gasteiger partial charge in [0.15, 0.2) is 0 Å². The quantitative estimate of drug-likeness (QED) is 0.718. The Kier molecular flexibility index (Phi) is 3.30. The van der Waals surface area contributed by atoms with Gasteiger partial charge in [-0.05, 0) is 28.8 Å². The highest BCUT2D eigenvalue weighted by molar-refractivity contribution is 5.76. The van der Waals surface area contributed by atoms with E-state index in [4.69, 9.17) is 16.6 Å². The molecular weight excluding hydrogens is 228 g/mol. The summed E-state index contributed by atoms with van der Waals surface area (Å²) in [6, 6.07) is 13.7. The van der Waals surface area contributed by atoms with Gasteiger partial charge in [-0.1, -0.05) is 36.4 Å². The molecule has 4 nitrogen and oxygen atoms in total. The molecule has 18 heavy (non-hydrogen) atoms. The Morgan fingerprint density at radius 2 is 1.39 bits per heavy atom. The minimum atomic E-state index is -1.03. The molecule has 0 saturated carbocycles. The standard InChI is InChI=1S/C14H14N2O2/c15-12-7-5-10(6-8-12)9-1-3-11(4-2-9)13(16)14(17)18/h1-8,13H,15-16H2,(H,17,18)/t13-/m1/s1. The lowest BCUT2D eigenvalue weighted by molar-refractivity contribution is -0.138. The van der Waals surface area contributed by atoms with E-state index in [1.165, 1.54) is 0 Å². The zero-order valence-corrected chi connectivity index (χ0v) is 9.71. The van der Waals surface area contributed by atoms with Crippen LogP contribution in [0.3, 0.4) is 0 Å². The van der Waals surface area contributed by atoms with Gasteiger partial charge in [-0.3, -0.25) is 4.79 Å². The first kappa shape index (κ1) is 12.1. The Balaban J connectivity index is 2.27. The Hall–Kier alpha value is -2.33. The molecule has 0 saturated heterocycles. The molecule has 2 aromatic rings. The number of nitrogen functional groups attached to an aromatic ring is 1. The van der Waals surface area contributed by atoms with Crippen LogP contribution in [0.25, 0.3) is 11.1 Å². The maximum absolute atomic E-state index is 10.8. The molecule has 0 spiro atoms. The molecule has 5 N–H and O–H groups in total. The van der Waals surface area contributed by atoms with Crippen LogP contribution in [-0.4, -0.2) is 11.1 Å². The number of benzene rings is 2. The third-order valence-electron chi connectivity index (χ3n) is 2.78. The van der Waals surface area contributed by atoms with Crippen LogP contribution in [0, 0.1) is 0 Å². The summed E-state index contributed by atoms with van der Waals surface area (Å²) in [6.07, 6.45) is 0. The third kappa shape index (κ3) is 2.49. The Labute approximate surface area is 105 Å². The average Bonchev–Trinajstić information content (AvgIpc) is 2.39. The Morgan fingerprint density at radius 1 is 0.944 bits per heavy atom. The van der Waals surface area contributed by atoms with Crippen molar-refractivity contribution in [3.05, 3.63) is 54.1 Å². The largest absolute Gasteiger partial charge is 0.480 e. The van der Waals surface area contributed by atoms with Crippen molar-refractivity contribution in [2.75, 3.05) is 5.73 Å². The van der Waals surface area contributed by atoms with Gasteiger partial charge in [0.1, 0.15) is 6.04 Å². The van der Waals surface area contributed by atoms with E-state index in [2.05, 4.69) is 0 Å². The normalized spacial score (nSPS) is 12.1. The molecule has 0 heterocycles. The van der Waals surface area contributed by atoms with Crippen LogP contribution in [0.1, 0.15) is 11.6 Å². The second-order valence-corrected chi connectivity index (χ2v) is 4.06. The maximum Gasteiger partial charge on any atom is 0.325 e. The fourth-order valence-electron chi connectivity index (χ4n) is 1.70. The van der Waals surface area contributed by atoms with Gasteiger partial charge in [-0.25, -0.2) is 0 Å². The molecule has 0 radical (unpaired) electrons. The van der Waals surface area contributed by atoms with E-state index in [9.17, 15) is 4.79 Å². The third-order valence-corrected chi connectivity index (χ3v) is 2.78. The van der Waals surface area contributed by atoms with Crippen molar-refractivity contribution < 1.29 is 9.90 Å². The molecule has 0 amide bonds. The fourth-order valence-corrected chi connectivity index (χ4v) is 1.70. The molecule has 0 aliphatic heterocycles. The highest BCUT2D eigenvalue weighted by atomic mass is 16.4. The smallest absolute Gasteiger partial charge is 0.325 e. The van der Waals surface area contributed by atoms with Crippen molar-refractivity contribution in [3.8, 4) is 11.1 Å². The van der Waals surface area contributed by atoms with Crippen LogP contribution in [-0.2, 0) is 4.79 Å². The summed E-state index contributed by atoms with van der Waals surface area (Å²) < 4.78 is 0. The summed E-state index contributed by atoms with van der Waals surface area (Å²) in [6.45, 7) is 0. The van der Waals surface area contributed by atoms with Crippen molar-refractivity contribution in [3.63, 3.8) is 0 Å². The summed E-state index contributed by atoms with van der Waals surface area (Å²) in [7, 11) is 0. The highest BCUT2D eigenvalue weighted by Crippen LogP contribution is 2.22. The maximum atomic E-state index is 10.8. The first-order valence-corrected chi connectivity index (χ1v) is 5.52. The van der Waals surface area contributed by atoms with E-state index >= 15 is 0 Å². The zero-order valence-electron chi connectivity index (χ0n) is 9.71. The van der Waals surface area contributed by atoms with Crippen LogP contribution >= 0.6 is 0 Å². The highest BCUT2D eigenvalue weighted by Gasteiger charge is 2.13. The molecule has 0 aliphatic rings. The SMILES string of the molecule is Nc1ccc(-c2ccc([C@@H](N)C(=O)O)cc2)cc1. The van der Waals surface area contributed by atoms with Gasteiger partial charge in [0.2, 0.25) is 0 Å². The molecule has 92 valence electrons. The number of hydrogen-bond donors (Lipinski definition) is 3. The van der Waals surface area contributed by atoms with Crippen LogP contribution in [0.2, 0.25) is 0 Å². The van der Waals surface area contributed by atoms with E-state index < -0.39 is 12.0 Å². The lowest BCUT2D eigenvalue weighted by Crippen LogP contribution is -2.20. The number of carboxylic acid groups (broad SMARTS) is 1. The lowest BCUT2D eigenvalue weighted by Gasteiger charge is -2.08. The second-order valence-electron chi connectivity index (χ2n) is 4.06. The number of carboxylic acids is 1. The molecule has 0 unspecified atom stereocenters. The minimum Gasteiger partial charge on any atom is -0.480 e. The van der Waals surface area contributed by atoms with Crippen molar-refractivity contribution in [2.24, 2.45) is 5.73 Å². The van der Waals surface area contributed by atoms with Crippen molar-refractivity contribution >= 4 is 11.7 Å². The van der Waals surface area contributed by atoms with Crippen LogP contribution < -0.4 is 11.5 Å². The van der Waals surface area contributed by atoms with E-state index in [0.717, 1.165) is 11.1 Å². The molecule has 0 fully saturated rings. The number of rotatable bonds is 3. The summed E-state index contributed by atoms with van der Waals surface area (Å²) in [5.74, 6) is -1.03. The van der Waals surface area contributed by atoms with Gasteiger partial charge in [-0.2, -0.15) is 0 Å². The first-order chi connectivity index (χ1) is 8.58. The zero-order chi connectivity index (χ0) is 13.1. The number of anilines is 1. The molecule has 0 aromatic heterocycles. The lowest BCUT2D eigenvalue weighted by atomic mass is 10.0. The van der Waals surface area contributed by atoms with Crippen molar-refractivity contribution in [1.29, 1.82) is 0 Å². The van der Waals surface area contributed by atoms with Gasteiger partial charge in [-0.15, -0.1) is 0 Å². The van der Waals surface area contributed by atoms with E-state index in [1.54, 1.807) is 12.1 Å². The monoisotopic (exact) mass is 242 g/mol. The fraction of sp³-hybridized carbons (Fsp3) is 0.0714. The number of nitrogens with two attached hydrogens (primary N) is 2. The predicted octanol–water partition coefficient (Wildman–Crippen LogP) is 2.02. The predicted molar refractivity (Wildman–Crippen MR) is 70.9 cm³/mol. The van der Waals surface area contributed by atoms with Crippen molar-refractivity contribution in [1.82, 2.24) is 0 Å². The van der Waals surface area contributed by atoms with Gasteiger partial charge < -0.3 is 16.6 Å². The second kappa shape index (κ2) is 4.89. The number of carbonyl (C=O) groups is 1. The van der Waals surface area contributed by atoms with E-state index in [-0.39, 0.29) is 0 Å². The topological polar surface area (TPSA) is 89.3 Å². The van der Waals surface area contributed by atoms with Gasteiger partial charge in [0.05, 0.1) is 0 Å². The molecule has 0 aliphatic carbocycles. The molecule has 2 rings (SSSR count). The number of hydrogen-bond acceptors (Lipinski definition) is 3. The summed E-state index contributed by atoms with van der Waals surface area (Å²) in [5.41, 5.74) is 14.5. The summed E-state index contributed by atoms with van der Waals surface area (Å²) >= 11 is 0. The summed E-state index contributed by atoms with van der Waals surface area (Å²) in [5, 5.41) is 8.81. The summed E-state index contributed by atoms with van der Waals surface area (Å²) in [4.78, 5) is 10.8. The van der Waals surface area contributed by atoms with Gasteiger partial charge >= 0.3 is 5.97 Å². The molecule has 0 bridgehead atoms. The number of aliphatic carboxylic acids is 1.